The van der Waals surface area contributed by atoms with Crippen molar-refractivity contribution in [3.8, 4) is 23.0 Å². The van der Waals surface area contributed by atoms with Gasteiger partial charge in [-0.1, -0.05) is 56.2 Å². The molecule has 16 nitrogen and oxygen atoms in total. The monoisotopic (exact) mass is 1020 g/mol. The van der Waals surface area contributed by atoms with Crippen molar-refractivity contribution in [3.63, 3.8) is 0 Å². The number of fused-ring (bicyclic) bond motifs is 7. The van der Waals surface area contributed by atoms with Crippen molar-refractivity contribution in [2.75, 3.05) is 24.5 Å². The minimum absolute atomic E-state index is 0.0161. The summed E-state index contributed by atoms with van der Waals surface area (Å²) in [7, 11) is 0. The van der Waals surface area contributed by atoms with Gasteiger partial charge in [0.25, 0.3) is 11.8 Å². The predicted octanol–water partition coefficient (Wildman–Crippen LogP) is 9.07. The molecule has 2 aliphatic heterocycles. The zero-order chi connectivity index (χ0) is 52.8. The van der Waals surface area contributed by atoms with E-state index in [0.717, 1.165) is 47.8 Å². The Labute approximate surface area is 435 Å². The molecule has 1 aromatic heterocycles. The Kier molecular flexibility index (Phi) is 15.5. The molecule has 0 unspecified atom stereocenters. The highest BCUT2D eigenvalue weighted by atomic mass is 16.6. The van der Waals surface area contributed by atoms with Gasteiger partial charge in [-0.15, -0.1) is 0 Å². The molecule has 0 bridgehead atoms. The molecule has 0 radical (unpaired) electrons. The number of likely N-dealkylation sites (N-methyl/N-ethyl adjacent to an activating group) is 1. The lowest BCUT2D eigenvalue weighted by Gasteiger charge is -2.36. The van der Waals surface area contributed by atoms with Crippen molar-refractivity contribution in [3.05, 3.63) is 148 Å². The molecule has 388 valence electrons. The largest absolute Gasteiger partial charge is 0.456 e. The van der Waals surface area contributed by atoms with Crippen molar-refractivity contribution in [2.45, 2.75) is 104 Å². The summed E-state index contributed by atoms with van der Waals surface area (Å²) in [6.45, 7) is 8.06. The van der Waals surface area contributed by atoms with Crippen LogP contribution >= 0.6 is 0 Å². The number of anilines is 1. The molecule has 1 fully saturated rings. The standard InChI is InChI=1S/C59H61N5O11/c1-5-38-14-13-16-43(30-38)63(6-2)54(67)35-64-50-17-10-9-15-40(50)32-51(64)57(70)62-42-21-18-39(19-22-42)55(68)60-28-11-7-8-12-29-61-56(69)41-20-25-47-46(31-41)58(71)75-59(47)48-26-23-44(72-36(3)65)33-52(48)74-53-34-45(73-37(4)66)24-27-49(53)59/h9-10,13-17,20,23-27,30-34,39,42H,5-8,11-12,18-19,21-22,28-29,35H2,1-4H3,(H,60,68)(H,61,69)(H,62,70). The summed E-state index contributed by atoms with van der Waals surface area (Å²) in [5.41, 5.74) is 3.65. The molecule has 6 aromatic rings. The van der Waals surface area contributed by atoms with Crippen LogP contribution in [0.4, 0.5) is 5.69 Å². The number of nitrogens with zero attached hydrogens (tertiary/aromatic N) is 2. The van der Waals surface area contributed by atoms with Crippen LogP contribution < -0.4 is 35.1 Å². The molecule has 3 aliphatic rings. The maximum Gasteiger partial charge on any atom is 0.340 e. The number of ether oxygens (including phenoxy) is 4. The molecule has 16 heteroatoms. The molecule has 3 heterocycles. The number of benzene rings is 5. The maximum absolute atomic E-state index is 13.9. The summed E-state index contributed by atoms with van der Waals surface area (Å²) in [6.07, 6.45) is 6.69. The van der Waals surface area contributed by atoms with E-state index in [9.17, 15) is 33.6 Å². The number of nitrogens with one attached hydrogen (secondary N) is 3. The fraction of sp³-hybridized carbons (Fsp3) is 0.339. The van der Waals surface area contributed by atoms with Crippen LogP contribution in [0.1, 0.15) is 133 Å². The second kappa shape index (κ2) is 22.5. The highest BCUT2D eigenvalue weighted by Gasteiger charge is 2.54. The SMILES string of the molecule is CCc1cccc(N(CC)C(=O)Cn2c(C(=O)NC3CCC(C(=O)NCCCCCCNC(=O)c4ccc5c(c4)C(=O)OC54c5ccc(OC(C)=O)cc5Oc5cc(OC(C)=O)ccc54)CC3)cc3ccccc32)c1. The number of aromatic nitrogens is 1. The molecule has 9 rings (SSSR count). The number of aryl methyl sites for hydroxylation is 1. The van der Waals surface area contributed by atoms with E-state index < -0.39 is 23.5 Å². The Balaban J connectivity index is 0.722. The van der Waals surface area contributed by atoms with Crippen LogP contribution in [0.5, 0.6) is 23.0 Å². The van der Waals surface area contributed by atoms with E-state index in [1.807, 2.05) is 66.1 Å². The van der Waals surface area contributed by atoms with Crippen molar-refractivity contribution < 1.29 is 52.5 Å². The van der Waals surface area contributed by atoms with Gasteiger partial charge in [0.15, 0.2) is 5.60 Å². The molecular weight excluding hydrogens is 955 g/mol. The van der Waals surface area contributed by atoms with E-state index in [2.05, 4.69) is 22.9 Å². The number of hydrogen-bond donors (Lipinski definition) is 3. The van der Waals surface area contributed by atoms with Crippen LogP contribution in [0.2, 0.25) is 0 Å². The topological polar surface area (TPSA) is 201 Å². The normalized spacial score (nSPS) is 15.9. The number of carbonyl (C=O) groups excluding carboxylic acids is 7. The Hall–Kier alpha value is -8.27. The lowest BCUT2D eigenvalue weighted by atomic mass is 9.77. The third-order valence-corrected chi connectivity index (χ3v) is 14.2. The van der Waals surface area contributed by atoms with E-state index in [0.29, 0.717) is 74.1 Å². The van der Waals surface area contributed by atoms with Gasteiger partial charge in [-0.05, 0) is 118 Å². The van der Waals surface area contributed by atoms with Gasteiger partial charge in [-0.2, -0.15) is 0 Å². The zero-order valence-electron chi connectivity index (χ0n) is 42.6. The molecule has 5 aromatic carbocycles. The van der Waals surface area contributed by atoms with Crippen LogP contribution in [0.25, 0.3) is 10.9 Å². The number of hydrogen-bond acceptors (Lipinski definition) is 11. The Morgan fingerprint density at radius 2 is 1.35 bits per heavy atom. The predicted molar refractivity (Wildman–Crippen MR) is 280 cm³/mol. The highest BCUT2D eigenvalue weighted by molar-refractivity contribution is 6.03. The van der Waals surface area contributed by atoms with E-state index in [4.69, 9.17) is 18.9 Å². The van der Waals surface area contributed by atoms with E-state index in [1.54, 1.807) is 41.3 Å². The van der Waals surface area contributed by atoms with Crippen LogP contribution in [0, 0.1) is 5.92 Å². The van der Waals surface area contributed by atoms with Crippen LogP contribution in [-0.4, -0.2) is 71.8 Å². The van der Waals surface area contributed by atoms with Crippen molar-refractivity contribution >= 4 is 58.1 Å². The van der Waals surface area contributed by atoms with Crippen LogP contribution in [0.15, 0.2) is 109 Å². The van der Waals surface area contributed by atoms with Crippen molar-refractivity contribution in [2.24, 2.45) is 5.92 Å². The fourth-order valence-corrected chi connectivity index (χ4v) is 10.5. The number of unbranched alkanes of at least 4 members (excludes halogenated alkanes) is 3. The molecule has 0 saturated heterocycles. The first kappa shape index (κ1) is 51.6. The van der Waals surface area contributed by atoms with Gasteiger partial charge in [0, 0.05) is 96.4 Å². The number of para-hydroxylation sites is 1. The van der Waals surface area contributed by atoms with Gasteiger partial charge >= 0.3 is 17.9 Å². The van der Waals surface area contributed by atoms with Gasteiger partial charge in [0.05, 0.1) is 5.56 Å². The minimum Gasteiger partial charge on any atom is -0.456 e. The third-order valence-electron chi connectivity index (χ3n) is 14.2. The lowest BCUT2D eigenvalue weighted by molar-refractivity contribution is -0.132. The first-order valence-electron chi connectivity index (χ1n) is 25.8. The summed E-state index contributed by atoms with van der Waals surface area (Å²) >= 11 is 0. The molecule has 1 aliphatic carbocycles. The molecule has 1 saturated carbocycles. The van der Waals surface area contributed by atoms with Crippen LogP contribution in [-0.2, 0) is 42.5 Å². The average molecular weight is 1020 g/mol. The molecule has 1 spiro atoms. The zero-order valence-corrected chi connectivity index (χ0v) is 42.6. The highest BCUT2D eigenvalue weighted by Crippen LogP contribution is 2.57. The first-order chi connectivity index (χ1) is 36.3. The lowest BCUT2D eigenvalue weighted by Crippen LogP contribution is -2.42. The van der Waals surface area contributed by atoms with Gasteiger partial charge in [0.2, 0.25) is 11.8 Å². The summed E-state index contributed by atoms with van der Waals surface area (Å²) in [5, 5.41) is 10.1. The van der Waals surface area contributed by atoms with E-state index in [1.165, 1.54) is 32.0 Å². The van der Waals surface area contributed by atoms with Crippen molar-refractivity contribution in [1.82, 2.24) is 20.5 Å². The maximum atomic E-state index is 13.9. The van der Waals surface area contributed by atoms with Gasteiger partial charge < -0.3 is 44.4 Å². The molecule has 75 heavy (non-hydrogen) atoms. The first-order valence-corrected chi connectivity index (χ1v) is 25.8. The molecule has 0 atom stereocenters. The summed E-state index contributed by atoms with van der Waals surface area (Å²) in [5.74, 6) is -1.56. The van der Waals surface area contributed by atoms with Gasteiger partial charge in [-0.3, -0.25) is 28.8 Å². The number of amides is 4. The Morgan fingerprint density at radius 1 is 0.693 bits per heavy atom. The fourth-order valence-electron chi connectivity index (χ4n) is 10.5. The minimum atomic E-state index is -1.48. The Bertz CT molecular complexity index is 3140. The molecular formula is C59H61N5O11. The van der Waals surface area contributed by atoms with Crippen LogP contribution in [0.3, 0.4) is 0 Å². The number of rotatable bonds is 18. The summed E-state index contributed by atoms with van der Waals surface area (Å²) in [4.78, 5) is 93.3. The van der Waals surface area contributed by atoms with E-state index in [-0.39, 0.29) is 76.3 Å². The second-order valence-electron chi connectivity index (χ2n) is 19.3. The Morgan fingerprint density at radius 3 is 2.00 bits per heavy atom. The summed E-state index contributed by atoms with van der Waals surface area (Å²) in [6, 6.07) is 31.8. The average Bonchev–Trinajstić information content (AvgIpc) is 3.91. The quantitative estimate of drug-likeness (QED) is 0.0421. The number of esters is 3. The van der Waals surface area contributed by atoms with Gasteiger partial charge in [-0.25, -0.2) is 4.79 Å². The second-order valence-corrected chi connectivity index (χ2v) is 19.3. The molecule has 4 amide bonds. The number of carbonyl (C=O) groups is 7. The van der Waals surface area contributed by atoms with E-state index >= 15 is 0 Å². The smallest absolute Gasteiger partial charge is 0.340 e. The third kappa shape index (κ3) is 11.0. The molecule has 3 N–H and O–H groups in total. The van der Waals surface area contributed by atoms with Gasteiger partial charge in [0.1, 0.15) is 35.2 Å². The van der Waals surface area contributed by atoms with Crippen molar-refractivity contribution in [1.29, 1.82) is 0 Å². The summed E-state index contributed by atoms with van der Waals surface area (Å²) < 4.78 is 24.9.